The van der Waals surface area contributed by atoms with Crippen LogP contribution in [0.5, 0.6) is 0 Å². The Labute approximate surface area is 313 Å². The third-order valence-corrected chi connectivity index (χ3v) is 12.6. The van der Waals surface area contributed by atoms with Crippen LogP contribution in [0.2, 0.25) is 0 Å². The highest BCUT2D eigenvalue weighted by atomic mass is 32.1. The van der Waals surface area contributed by atoms with Crippen molar-refractivity contribution in [1.29, 1.82) is 0 Å². The Balaban J connectivity index is 1.27. The van der Waals surface area contributed by atoms with Crippen LogP contribution in [0.3, 0.4) is 0 Å². The van der Waals surface area contributed by atoms with Gasteiger partial charge in [0, 0.05) is 25.7 Å². The minimum atomic E-state index is 1.24. The fourth-order valence-electron chi connectivity index (χ4n) is 8.90. The van der Waals surface area contributed by atoms with E-state index in [9.17, 15) is 0 Å². The minimum absolute atomic E-state index is 1.24. The molecule has 0 radical (unpaired) electrons. The van der Waals surface area contributed by atoms with Gasteiger partial charge in [0.15, 0.2) is 0 Å². The van der Waals surface area contributed by atoms with Gasteiger partial charge >= 0.3 is 0 Å². The lowest BCUT2D eigenvalue weighted by Gasteiger charge is -2.20. The van der Waals surface area contributed by atoms with Crippen LogP contribution in [0.15, 0.2) is 170 Å². The van der Waals surface area contributed by atoms with E-state index in [4.69, 9.17) is 0 Å². The molecule has 1 aromatic heterocycles. The van der Waals surface area contributed by atoms with E-state index in [1.54, 1.807) is 0 Å². The van der Waals surface area contributed by atoms with Crippen LogP contribution in [-0.2, 0) is 0 Å². The van der Waals surface area contributed by atoms with Gasteiger partial charge in [-0.25, -0.2) is 0 Å². The highest BCUT2D eigenvalue weighted by Gasteiger charge is 2.31. The molecule has 0 bridgehead atoms. The maximum absolute atomic E-state index is 2.43. The quantitative estimate of drug-likeness (QED) is 0.172. The van der Waals surface area contributed by atoms with Crippen molar-refractivity contribution in [3.63, 3.8) is 0 Å². The lowest BCUT2D eigenvalue weighted by molar-refractivity contribution is 1.47. The van der Waals surface area contributed by atoms with Crippen molar-refractivity contribution < 1.29 is 0 Å². The van der Waals surface area contributed by atoms with Gasteiger partial charge in [-0.3, -0.25) is 0 Å². The predicted molar refractivity (Wildman–Crippen MR) is 230 cm³/mol. The third-order valence-electron chi connectivity index (χ3n) is 11.4. The molecule has 53 heavy (non-hydrogen) atoms. The van der Waals surface area contributed by atoms with Crippen molar-refractivity contribution in [2.24, 2.45) is 0 Å². The van der Waals surface area contributed by atoms with Crippen LogP contribution < -0.4 is 0 Å². The van der Waals surface area contributed by atoms with Crippen LogP contribution >= 0.6 is 11.3 Å². The lowest BCUT2D eigenvalue weighted by Crippen LogP contribution is -1.93. The Morgan fingerprint density at radius 1 is 0.321 bits per heavy atom. The molecule has 0 spiro atoms. The van der Waals surface area contributed by atoms with Gasteiger partial charge in [-0.2, -0.15) is 0 Å². The van der Waals surface area contributed by atoms with Crippen molar-refractivity contribution >= 4 is 53.1 Å². The van der Waals surface area contributed by atoms with E-state index < -0.39 is 0 Å². The van der Waals surface area contributed by atoms with Crippen molar-refractivity contribution in [3.05, 3.63) is 181 Å². The van der Waals surface area contributed by atoms with E-state index in [-0.39, 0.29) is 0 Å². The Morgan fingerprint density at radius 3 is 1.53 bits per heavy atom. The first-order valence-corrected chi connectivity index (χ1v) is 19.2. The molecule has 248 valence electrons. The van der Waals surface area contributed by atoms with Gasteiger partial charge in [-0.1, -0.05) is 163 Å². The Kier molecular flexibility index (Phi) is 6.65. The molecule has 1 heteroatoms. The monoisotopic (exact) mass is 690 g/mol. The number of hydrogen-bond acceptors (Lipinski definition) is 1. The van der Waals surface area contributed by atoms with E-state index >= 15 is 0 Å². The summed E-state index contributed by atoms with van der Waals surface area (Å²) in [4.78, 5) is 0. The van der Waals surface area contributed by atoms with E-state index in [2.05, 4.69) is 184 Å². The zero-order chi connectivity index (χ0) is 35.2. The normalized spacial score (nSPS) is 12.0. The largest absolute Gasteiger partial charge is 0.135 e. The molecule has 1 aliphatic carbocycles. The summed E-state index contributed by atoms with van der Waals surface area (Å²) in [6.45, 7) is 4.34. The number of thiophene rings is 1. The molecule has 0 saturated carbocycles. The summed E-state index contributed by atoms with van der Waals surface area (Å²) in [7, 11) is 0. The molecule has 0 unspecified atom stereocenters. The van der Waals surface area contributed by atoms with Gasteiger partial charge in [-0.05, 0) is 115 Å². The number of hydrogen-bond donors (Lipinski definition) is 0. The van der Waals surface area contributed by atoms with Crippen molar-refractivity contribution in [3.8, 4) is 66.8 Å². The maximum Gasteiger partial charge on any atom is 0.0434 e. The van der Waals surface area contributed by atoms with Crippen LogP contribution in [0, 0.1) is 13.8 Å². The summed E-state index contributed by atoms with van der Waals surface area (Å²) in [5.41, 5.74) is 18.1. The molecule has 10 aromatic rings. The Bertz CT molecular complexity index is 2990. The Hall–Kier alpha value is -6.28. The molecule has 0 aliphatic heterocycles. The smallest absolute Gasteiger partial charge is 0.0434 e. The van der Waals surface area contributed by atoms with Gasteiger partial charge in [0.25, 0.3) is 0 Å². The van der Waals surface area contributed by atoms with Crippen molar-refractivity contribution in [2.75, 3.05) is 0 Å². The molecular formula is C52H34S. The second kappa shape index (κ2) is 11.6. The molecule has 0 nitrogen and oxygen atoms in total. The van der Waals surface area contributed by atoms with Crippen molar-refractivity contribution in [1.82, 2.24) is 0 Å². The summed E-state index contributed by atoms with van der Waals surface area (Å²) in [6, 6.07) is 63.7. The first-order valence-electron chi connectivity index (χ1n) is 18.4. The van der Waals surface area contributed by atoms with E-state index in [1.807, 2.05) is 11.3 Å². The molecule has 9 aromatic carbocycles. The highest BCUT2D eigenvalue weighted by Crippen LogP contribution is 2.59. The zero-order valence-corrected chi connectivity index (χ0v) is 30.4. The lowest BCUT2D eigenvalue weighted by atomic mass is 9.82. The molecule has 1 aliphatic rings. The second-order valence-corrected chi connectivity index (χ2v) is 15.6. The van der Waals surface area contributed by atoms with Crippen molar-refractivity contribution in [2.45, 2.75) is 13.8 Å². The summed E-state index contributed by atoms with van der Waals surface area (Å²) >= 11 is 1.91. The summed E-state index contributed by atoms with van der Waals surface area (Å²) in [6.07, 6.45) is 0. The third kappa shape index (κ3) is 4.54. The average molecular weight is 691 g/mol. The molecule has 0 N–H and O–H groups in total. The SMILES string of the molecule is Cc1ccc(-c2c3c(c(-c4ccc(C)cc4)c4ccccc24)-c2ccc(-c4cc(-c5ccccc5)cc5c4sc4ccccc45)c4cccc-3c24)cc1. The fourth-order valence-corrected chi connectivity index (χ4v) is 10.1. The van der Waals surface area contributed by atoms with Crippen LogP contribution in [-0.4, -0.2) is 0 Å². The van der Waals surface area contributed by atoms with Crippen LogP contribution in [0.25, 0.3) is 108 Å². The van der Waals surface area contributed by atoms with E-state index in [1.165, 1.54) is 120 Å². The van der Waals surface area contributed by atoms with E-state index in [0.29, 0.717) is 0 Å². The number of rotatable bonds is 4. The minimum Gasteiger partial charge on any atom is -0.135 e. The first-order chi connectivity index (χ1) is 26.1. The average Bonchev–Trinajstić information content (AvgIpc) is 3.75. The number of aryl methyl sites for hydroxylation is 2. The highest BCUT2D eigenvalue weighted by molar-refractivity contribution is 7.26. The number of benzene rings is 9. The fraction of sp³-hybridized carbons (Fsp3) is 0.0385. The molecular weight excluding hydrogens is 657 g/mol. The standard InChI is InChI=1S/C52H34S/c1-31-19-23-34(24-20-31)47-40-14-6-7-15-41(40)48(35-25-21-32(2)22-26-35)51-43-28-27-37(39-16-10-17-42(49(39)43)50(47)51)44-29-36(33-11-4-3-5-12-33)30-45-38-13-8-9-18-46(38)53-52(44)45/h3-30H,1-2H3. The van der Waals surface area contributed by atoms with Crippen LogP contribution in [0.4, 0.5) is 0 Å². The summed E-state index contributed by atoms with van der Waals surface area (Å²) in [5.74, 6) is 0. The van der Waals surface area contributed by atoms with E-state index in [0.717, 1.165) is 0 Å². The molecule has 11 rings (SSSR count). The van der Waals surface area contributed by atoms with Gasteiger partial charge < -0.3 is 0 Å². The van der Waals surface area contributed by atoms with Gasteiger partial charge in [0.1, 0.15) is 0 Å². The maximum atomic E-state index is 2.43. The number of fused-ring (bicyclic) bond motifs is 7. The predicted octanol–water partition coefficient (Wildman–Crippen LogP) is 15.3. The van der Waals surface area contributed by atoms with Crippen LogP contribution in [0.1, 0.15) is 11.1 Å². The molecule has 0 fully saturated rings. The van der Waals surface area contributed by atoms with Gasteiger partial charge in [0.2, 0.25) is 0 Å². The Morgan fingerprint density at radius 2 is 0.868 bits per heavy atom. The molecule has 0 saturated heterocycles. The van der Waals surface area contributed by atoms with Gasteiger partial charge in [0.05, 0.1) is 0 Å². The molecule has 0 atom stereocenters. The zero-order valence-electron chi connectivity index (χ0n) is 29.6. The van der Waals surface area contributed by atoms with Gasteiger partial charge in [-0.15, -0.1) is 11.3 Å². The first kappa shape index (κ1) is 30.4. The summed E-state index contributed by atoms with van der Waals surface area (Å²) < 4.78 is 2.66. The molecule has 1 heterocycles. The molecule has 0 amide bonds. The second-order valence-electron chi connectivity index (χ2n) is 14.5. The topological polar surface area (TPSA) is 0 Å². The summed E-state index contributed by atoms with van der Waals surface area (Å²) in [5, 5.41) is 7.87.